The number of methoxy groups -OCH3 is 1. The molecule has 1 aliphatic carbocycles. The average molecular weight is 231 g/mol. The van der Waals surface area contributed by atoms with E-state index in [1.807, 2.05) is 0 Å². The van der Waals surface area contributed by atoms with Crippen LogP contribution in [0, 0.1) is 0 Å². The van der Waals surface area contributed by atoms with Crippen LogP contribution in [0.4, 0.5) is 0 Å². The van der Waals surface area contributed by atoms with Gasteiger partial charge < -0.3 is 10.1 Å². The van der Waals surface area contributed by atoms with Crippen molar-refractivity contribution in [2.45, 2.75) is 44.6 Å². The molecular weight excluding hydrogens is 210 g/mol. The molecule has 1 aromatic rings. The van der Waals surface area contributed by atoms with Crippen molar-refractivity contribution in [3.05, 3.63) is 28.8 Å². The summed E-state index contributed by atoms with van der Waals surface area (Å²) in [6, 6.07) is 5.07. The molecule has 0 bridgehead atoms. The number of aryl methyl sites for hydroxylation is 1. The molecule has 2 heteroatoms. The first-order chi connectivity index (χ1) is 8.38. The SMILES string of the molecule is COc1cc2c(c([C@H]3CCCN3)c1)CCCC2. The third-order valence-electron chi connectivity index (χ3n) is 4.14. The lowest BCUT2D eigenvalue weighted by Crippen LogP contribution is -2.17. The Morgan fingerprint density at radius 2 is 2.06 bits per heavy atom. The van der Waals surface area contributed by atoms with Gasteiger partial charge in [-0.1, -0.05) is 0 Å². The minimum atomic E-state index is 0.567. The Hall–Kier alpha value is -1.02. The van der Waals surface area contributed by atoms with E-state index in [4.69, 9.17) is 4.74 Å². The summed E-state index contributed by atoms with van der Waals surface area (Å²) in [6.45, 7) is 1.16. The van der Waals surface area contributed by atoms with Crippen molar-refractivity contribution < 1.29 is 4.74 Å². The fourth-order valence-corrected chi connectivity index (χ4v) is 3.25. The molecule has 0 amide bonds. The fourth-order valence-electron chi connectivity index (χ4n) is 3.25. The summed E-state index contributed by atoms with van der Waals surface area (Å²) in [5.41, 5.74) is 4.65. The second-order valence-electron chi connectivity index (χ2n) is 5.21. The van der Waals surface area contributed by atoms with Gasteiger partial charge in [-0.15, -0.1) is 0 Å². The van der Waals surface area contributed by atoms with Crippen LogP contribution in [0.15, 0.2) is 12.1 Å². The maximum atomic E-state index is 5.45. The molecule has 1 N–H and O–H groups in total. The topological polar surface area (TPSA) is 21.3 Å². The zero-order valence-electron chi connectivity index (χ0n) is 10.6. The summed E-state index contributed by atoms with van der Waals surface area (Å²) in [6.07, 6.45) is 7.74. The maximum absolute atomic E-state index is 5.45. The van der Waals surface area contributed by atoms with Crippen LogP contribution in [-0.4, -0.2) is 13.7 Å². The van der Waals surface area contributed by atoms with Gasteiger partial charge in [0.15, 0.2) is 0 Å². The van der Waals surface area contributed by atoms with Crippen molar-refractivity contribution in [2.75, 3.05) is 13.7 Å². The van der Waals surface area contributed by atoms with Crippen molar-refractivity contribution in [1.29, 1.82) is 0 Å². The molecule has 2 aliphatic rings. The molecule has 1 saturated heterocycles. The molecular formula is C15H21NO. The quantitative estimate of drug-likeness (QED) is 0.845. The molecule has 0 radical (unpaired) electrons. The summed E-state index contributed by atoms with van der Waals surface area (Å²) >= 11 is 0. The van der Waals surface area contributed by atoms with Crippen molar-refractivity contribution in [2.24, 2.45) is 0 Å². The summed E-state index contributed by atoms with van der Waals surface area (Å²) in [5.74, 6) is 1.04. The van der Waals surface area contributed by atoms with Gasteiger partial charge in [0.2, 0.25) is 0 Å². The third-order valence-corrected chi connectivity index (χ3v) is 4.14. The van der Waals surface area contributed by atoms with Gasteiger partial charge in [0.05, 0.1) is 7.11 Å². The predicted octanol–water partition coefficient (Wildman–Crippen LogP) is 3.00. The molecule has 0 aromatic heterocycles. The van der Waals surface area contributed by atoms with E-state index in [1.54, 1.807) is 12.7 Å². The highest BCUT2D eigenvalue weighted by Gasteiger charge is 2.23. The normalized spacial score (nSPS) is 23.5. The average Bonchev–Trinajstić information content (AvgIpc) is 2.91. The summed E-state index contributed by atoms with van der Waals surface area (Å²) in [4.78, 5) is 0. The minimum absolute atomic E-state index is 0.567. The van der Waals surface area contributed by atoms with Crippen LogP contribution in [0.2, 0.25) is 0 Å². The molecule has 17 heavy (non-hydrogen) atoms. The van der Waals surface area contributed by atoms with Gasteiger partial charge in [-0.05, 0) is 73.9 Å². The molecule has 1 fully saturated rings. The minimum Gasteiger partial charge on any atom is -0.497 e. The molecule has 0 unspecified atom stereocenters. The van der Waals surface area contributed by atoms with Crippen molar-refractivity contribution >= 4 is 0 Å². The van der Waals surface area contributed by atoms with Gasteiger partial charge in [0.1, 0.15) is 5.75 Å². The maximum Gasteiger partial charge on any atom is 0.119 e. The molecule has 2 nitrogen and oxygen atoms in total. The lowest BCUT2D eigenvalue weighted by atomic mass is 9.85. The predicted molar refractivity (Wildman–Crippen MR) is 69.6 cm³/mol. The highest BCUT2D eigenvalue weighted by molar-refractivity contribution is 5.45. The largest absolute Gasteiger partial charge is 0.497 e. The van der Waals surface area contributed by atoms with Crippen LogP contribution in [-0.2, 0) is 12.8 Å². The number of ether oxygens (including phenoxy) is 1. The Morgan fingerprint density at radius 1 is 1.18 bits per heavy atom. The second kappa shape index (κ2) is 4.69. The van der Waals surface area contributed by atoms with Crippen LogP contribution in [0.3, 0.4) is 0 Å². The Bertz CT molecular complexity index is 408. The first kappa shape index (κ1) is 11.1. The zero-order valence-corrected chi connectivity index (χ0v) is 10.6. The highest BCUT2D eigenvalue weighted by atomic mass is 16.5. The van der Waals surface area contributed by atoms with E-state index in [2.05, 4.69) is 17.4 Å². The van der Waals surface area contributed by atoms with E-state index in [1.165, 1.54) is 49.7 Å². The number of benzene rings is 1. The Morgan fingerprint density at radius 3 is 2.82 bits per heavy atom. The highest BCUT2D eigenvalue weighted by Crippen LogP contribution is 2.35. The van der Waals surface area contributed by atoms with E-state index in [0.717, 1.165) is 12.3 Å². The Labute approximate surface area is 103 Å². The lowest BCUT2D eigenvalue weighted by molar-refractivity contribution is 0.412. The number of hydrogen-bond donors (Lipinski definition) is 1. The van der Waals surface area contributed by atoms with E-state index >= 15 is 0 Å². The first-order valence-corrected chi connectivity index (χ1v) is 6.81. The number of fused-ring (bicyclic) bond motifs is 1. The van der Waals surface area contributed by atoms with Crippen LogP contribution in [0.5, 0.6) is 5.75 Å². The molecule has 1 aliphatic heterocycles. The smallest absolute Gasteiger partial charge is 0.119 e. The second-order valence-corrected chi connectivity index (χ2v) is 5.21. The van der Waals surface area contributed by atoms with Gasteiger partial charge in [0.25, 0.3) is 0 Å². The number of hydrogen-bond acceptors (Lipinski definition) is 2. The number of nitrogens with one attached hydrogen (secondary N) is 1. The van der Waals surface area contributed by atoms with Crippen LogP contribution in [0.25, 0.3) is 0 Å². The van der Waals surface area contributed by atoms with E-state index in [-0.39, 0.29) is 0 Å². The van der Waals surface area contributed by atoms with E-state index < -0.39 is 0 Å². The summed E-state index contributed by atoms with van der Waals surface area (Å²) < 4.78 is 5.45. The lowest BCUT2D eigenvalue weighted by Gasteiger charge is -2.24. The zero-order chi connectivity index (χ0) is 11.7. The first-order valence-electron chi connectivity index (χ1n) is 6.81. The fraction of sp³-hybridized carbons (Fsp3) is 0.600. The van der Waals surface area contributed by atoms with E-state index in [9.17, 15) is 0 Å². The van der Waals surface area contributed by atoms with Crippen LogP contribution in [0.1, 0.15) is 48.4 Å². The standard InChI is InChI=1S/C15H21NO/c1-17-12-9-11-5-2-3-6-13(11)14(10-12)15-7-4-8-16-15/h9-10,15-16H,2-8H2,1H3/t15-/m1/s1. The van der Waals surface area contributed by atoms with Crippen LogP contribution < -0.4 is 10.1 Å². The molecule has 1 atom stereocenters. The Balaban J connectivity index is 2.04. The van der Waals surface area contributed by atoms with Crippen molar-refractivity contribution in [3.63, 3.8) is 0 Å². The van der Waals surface area contributed by atoms with Crippen molar-refractivity contribution in [3.8, 4) is 5.75 Å². The summed E-state index contributed by atoms with van der Waals surface area (Å²) in [7, 11) is 1.77. The van der Waals surface area contributed by atoms with E-state index in [0.29, 0.717) is 6.04 Å². The van der Waals surface area contributed by atoms with Gasteiger partial charge in [-0.25, -0.2) is 0 Å². The molecule has 3 rings (SSSR count). The molecule has 0 spiro atoms. The molecule has 0 saturated carbocycles. The van der Waals surface area contributed by atoms with Crippen LogP contribution >= 0.6 is 0 Å². The van der Waals surface area contributed by atoms with Gasteiger partial charge in [0, 0.05) is 6.04 Å². The molecule has 92 valence electrons. The molecule has 1 aromatic carbocycles. The monoisotopic (exact) mass is 231 g/mol. The molecule has 1 heterocycles. The number of rotatable bonds is 2. The van der Waals surface area contributed by atoms with Gasteiger partial charge in [-0.2, -0.15) is 0 Å². The Kier molecular flexibility index (Phi) is 3.06. The summed E-state index contributed by atoms with van der Waals surface area (Å²) in [5, 5.41) is 3.62. The third kappa shape index (κ3) is 2.06. The van der Waals surface area contributed by atoms with Gasteiger partial charge in [-0.3, -0.25) is 0 Å². The van der Waals surface area contributed by atoms with Crippen molar-refractivity contribution in [1.82, 2.24) is 5.32 Å². The van der Waals surface area contributed by atoms with Gasteiger partial charge >= 0.3 is 0 Å².